The Balaban J connectivity index is 2.48. The lowest BCUT2D eigenvalue weighted by molar-refractivity contribution is -0.168. The number of hydrogen-bond donors (Lipinski definition) is 0. The normalized spacial score (nSPS) is 18.3. The van der Waals surface area contributed by atoms with E-state index in [-0.39, 0.29) is 18.4 Å². The molecule has 0 aromatic carbocycles. The molecule has 1 fully saturated rings. The van der Waals surface area contributed by atoms with Crippen molar-refractivity contribution in [1.29, 1.82) is 0 Å². The van der Waals surface area contributed by atoms with Gasteiger partial charge in [-0.15, -0.1) is 11.3 Å². The Morgan fingerprint density at radius 2 is 2.16 bits per heavy atom. The van der Waals surface area contributed by atoms with E-state index < -0.39 is 17.6 Å². The molecular weight excluding hydrogens is 279 g/mol. The van der Waals surface area contributed by atoms with Gasteiger partial charge in [-0.05, 0) is 25.3 Å². The number of rotatable bonds is 3. The van der Waals surface area contributed by atoms with Gasteiger partial charge in [-0.3, -0.25) is 0 Å². The second kappa shape index (κ2) is 4.63. The van der Waals surface area contributed by atoms with Gasteiger partial charge in [0.1, 0.15) is 0 Å². The van der Waals surface area contributed by atoms with E-state index >= 15 is 0 Å². The molecule has 0 unspecified atom stereocenters. The number of aromatic nitrogens is 1. The van der Waals surface area contributed by atoms with Gasteiger partial charge in [0.25, 0.3) is 0 Å². The van der Waals surface area contributed by atoms with Gasteiger partial charge in [-0.2, -0.15) is 13.2 Å². The first-order valence-corrected chi connectivity index (χ1v) is 6.41. The smallest absolute Gasteiger partial charge is 0.398 e. The highest BCUT2D eigenvalue weighted by atomic mass is 32.1. The topological polar surface area (TPSA) is 39.2 Å². The first-order valence-electron chi connectivity index (χ1n) is 5.60. The first-order chi connectivity index (χ1) is 8.80. The van der Waals surface area contributed by atoms with Crippen LogP contribution in [0.2, 0.25) is 0 Å². The lowest BCUT2D eigenvalue weighted by Crippen LogP contribution is -2.26. The molecule has 1 aromatic heterocycles. The molecule has 0 bridgehead atoms. The van der Waals surface area contributed by atoms with Crippen LogP contribution in [0.4, 0.5) is 13.2 Å². The van der Waals surface area contributed by atoms with Crippen molar-refractivity contribution < 1.29 is 22.7 Å². The second-order valence-corrected chi connectivity index (χ2v) is 5.64. The van der Waals surface area contributed by atoms with Gasteiger partial charge in [-0.25, -0.2) is 9.78 Å². The summed E-state index contributed by atoms with van der Waals surface area (Å²) < 4.78 is 44.0. The molecule has 0 aliphatic heterocycles. The fourth-order valence-corrected chi connectivity index (χ4v) is 2.83. The Hall–Kier alpha value is -1.37. The van der Waals surface area contributed by atoms with Crippen LogP contribution in [0.3, 0.4) is 0 Å². The van der Waals surface area contributed by atoms with Crippen molar-refractivity contribution >= 4 is 22.9 Å². The van der Waals surface area contributed by atoms with Crippen molar-refractivity contribution in [1.82, 2.24) is 4.98 Å². The highest BCUT2D eigenvalue weighted by Crippen LogP contribution is 2.65. The summed E-state index contributed by atoms with van der Waals surface area (Å²) in [5.74, 6) is -0.781. The maximum atomic E-state index is 13.2. The van der Waals surface area contributed by atoms with Crippen molar-refractivity contribution in [3.8, 4) is 0 Å². The van der Waals surface area contributed by atoms with Gasteiger partial charge in [0.05, 0.1) is 22.4 Å². The third-order valence-corrected chi connectivity index (χ3v) is 4.10. The average molecular weight is 291 g/mol. The number of methoxy groups -OCH3 is 1. The number of esters is 1. The fourth-order valence-electron chi connectivity index (χ4n) is 1.94. The van der Waals surface area contributed by atoms with Crippen LogP contribution in [-0.4, -0.2) is 24.2 Å². The summed E-state index contributed by atoms with van der Waals surface area (Å²) in [5, 5.41) is 0.656. The molecule has 2 rings (SSSR count). The van der Waals surface area contributed by atoms with E-state index in [4.69, 9.17) is 0 Å². The van der Waals surface area contributed by atoms with Gasteiger partial charge in [0.2, 0.25) is 0 Å². The molecule has 0 amide bonds. The lowest BCUT2D eigenvalue weighted by Gasteiger charge is -2.21. The van der Waals surface area contributed by atoms with E-state index in [1.807, 2.05) is 0 Å². The number of ether oxygens (including phenoxy) is 1. The fraction of sp³-hybridized carbons (Fsp3) is 0.500. The zero-order valence-corrected chi connectivity index (χ0v) is 11.2. The van der Waals surface area contributed by atoms with Gasteiger partial charge >= 0.3 is 12.1 Å². The Morgan fingerprint density at radius 3 is 2.53 bits per heavy atom. The molecule has 1 saturated carbocycles. The quantitative estimate of drug-likeness (QED) is 0.633. The van der Waals surface area contributed by atoms with Crippen LogP contribution in [0.25, 0.3) is 5.57 Å². The third kappa shape index (κ3) is 2.51. The number of hydrogen-bond acceptors (Lipinski definition) is 4. The summed E-state index contributed by atoms with van der Waals surface area (Å²) in [5.41, 5.74) is -1.95. The van der Waals surface area contributed by atoms with Crippen molar-refractivity contribution in [2.45, 2.75) is 25.9 Å². The second-order valence-electron chi connectivity index (χ2n) is 4.40. The minimum absolute atomic E-state index is 0.00370. The summed E-state index contributed by atoms with van der Waals surface area (Å²) in [4.78, 5) is 15.6. The Morgan fingerprint density at radius 1 is 1.53 bits per heavy atom. The number of halogens is 3. The largest absolute Gasteiger partial charge is 0.466 e. The zero-order valence-electron chi connectivity index (χ0n) is 10.4. The molecule has 1 aromatic rings. The maximum Gasteiger partial charge on any atom is 0.398 e. The number of alkyl halides is 3. The summed E-state index contributed by atoms with van der Waals surface area (Å²) in [6.45, 7) is 1.71. The number of aryl methyl sites for hydroxylation is 1. The van der Waals surface area contributed by atoms with Gasteiger partial charge in [-0.1, -0.05) is 0 Å². The highest BCUT2D eigenvalue weighted by molar-refractivity contribution is 7.12. The Labute approximate surface area is 112 Å². The molecule has 1 heterocycles. The summed E-state index contributed by atoms with van der Waals surface area (Å²) in [6.07, 6.45) is -2.06. The zero-order chi connectivity index (χ0) is 14.3. The molecule has 1 aliphatic carbocycles. The molecule has 104 valence electrons. The average Bonchev–Trinajstić information content (AvgIpc) is 3.03. The number of carbonyl (C=O) groups is 1. The maximum absolute atomic E-state index is 13.2. The molecule has 3 nitrogen and oxygen atoms in total. The van der Waals surface area contributed by atoms with Gasteiger partial charge < -0.3 is 4.74 Å². The first kappa shape index (κ1) is 14.0. The lowest BCUT2D eigenvalue weighted by atomic mass is 9.93. The number of allylic oxidation sites excluding steroid dienone is 1. The molecule has 1 aliphatic rings. The van der Waals surface area contributed by atoms with E-state index in [1.165, 1.54) is 6.20 Å². The predicted molar refractivity (Wildman–Crippen MR) is 64.6 cm³/mol. The molecular formula is C12H12F3NO2S. The van der Waals surface area contributed by atoms with Gasteiger partial charge in [0, 0.05) is 12.3 Å². The molecule has 7 heteroatoms. The van der Waals surface area contributed by atoms with Crippen molar-refractivity contribution in [2.75, 3.05) is 7.11 Å². The Bertz CT molecular complexity index is 529. The molecule has 0 radical (unpaired) electrons. The standard InChI is InChI=1S/C12H12F3NO2S/c1-7-16-6-9(19-7)8(5-10(17)18-2)11(3-4-11)12(13,14)15/h5-6H,3-4H2,1-2H3. The molecule has 19 heavy (non-hydrogen) atoms. The number of carbonyl (C=O) groups excluding carboxylic acids is 1. The Kier molecular flexibility index (Phi) is 3.42. The van der Waals surface area contributed by atoms with Crippen LogP contribution in [0, 0.1) is 12.3 Å². The number of thiazole rings is 1. The number of nitrogens with zero attached hydrogens (tertiary/aromatic N) is 1. The van der Waals surface area contributed by atoms with Crippen molar-refractivity contribution in [2.24, 2.45) is 5.41 Å². The molecule has 0 atom stereocenters. The summed E-state index contributed by atoms with van der Waals surface area (Å²) in [6, 6.07) is 0. The highest BCUT2D eigenvalue weighted by Gasteiger charge is 2.65. The molecule has 0 spiro atoms. The molecule has 0 saturated heterocycles. The summed E-state index contributed by atoms with van der Waals surface area (Å²) in [7, 11) is 1.14. The van der Waals surface area contributed by atoms with Crippen LogP contribution in [0.15, 0.2) is 12.3 Å². The molecule has 0 N–H and O–H groups in total. The van der Waals surface area contributed by atoms with E-state index in [1.54, 1.807) is 6.92 Å². The predicted octanol–water partition coefficient (Wildman–Crippen LogP) is 3.35. The van der Waals surface area contributed by atoms with Crippen LogP contribution < -0.4 is 0 Å². The summed E-state index contributed by atoms with van der Waals surface area (Å²) >= 11 is 1.14. The van der Waals surface area contributed by atoms with E-state index in [0.717, 1.165) is 24.5 Å². The van der Waals surface area contributed by atoms with Crippen LogP contribution >= 0.6 is 11.3 Å². The van der Waals surface area contributed by atoms with E-state index in [2.05, 4.69) is 9.72 Å². The van der Waals surface area contributed by atoms with Crippen LogP contribution in [0.5, 0.6) is 0 Å². The monoisotopic (exact) mass is 291 g/mol. The minimum atomic E-state index is -4.37. The van der Waals surface area contributed by atoms with E-state index in [9.17, 15) is 18.0 Å². The van der Waals surface area contributed by atoms with Crippen molar-refractivity contribution in [3.63, 3.8) is 0 Å². The van der Waals surface area contributed by atoms with Crippen LogP contribution in [0.1, 0.15) is 22.7 Å². The minimum Gasteiger partial charge on any atom is -0.466 e. The van der Waals surface area contributed by atoms with E-state index in [0.29, 0.717) is 9.88 Å². The van der Waals surface area contributed by atoms with Crippen molar-refractivity contribution in [3.05, 3.63) is 22.2 Å². The third-order valence-electron chi connectivity index (χ3n) is 3.16. The van der Waals surface area contributed by atoms with Crippen LogP contribution in [-0.2, 0) is 9.53 Å². The SMILES string of the molecule is COC(=O)C=C(c1cnc(C)s1)C1(C(F)(F)F)CC1. The van der Waals surface area contributed by atoms with Gasteiger partial charge in [0.15, 0.2) is 0 Å².